The predicted octanol–water partition coefficient (Wildman–Crippen LogP) is 3.38. The normalized spacial score (nSPS) is 16.8. The number of nitrogens with zero attached hydrogens (tertiary/aromatic N) is 4. The molecule has 0 bridgehead atoms. The molecule has 2 fully saturated rings. The number of carbonyl (C=O) groups is 2. The Hall–Kier alpha value is -3.16. The highest BCUT2D eigenvalue weighted by Crippen LogP contribution is 2.23. The maximum atomic E-state index is 14.0. The van der Waals surface area contributed by atoms with E-state index in [2.05, 4.69) is 0 Å². The van der Waals surface area contributed by atoms with Gasteiger partial charge >= 0.3 is 0 Å². The largest absolute Gasteiger partial charge is 0.366 e. The van der Waals surface area contributed by atoms with E-state index in [1.807, 2.05) is 38.7 Å². The fourth-order valence-electron chi connectivity index (χ4n) is 4.74. The van der Waals surface area contributed by atoms with Gasteiger partial charge in [-0.1, -0.05) is 31.2 Å². The molecule has 2 aliphatic heterocycles. The molecule has 0 aromatic heterocycles. The second-order valence-corrected chi connectivity index (χ2v) is 9.15. The van der Waals surface area contributed by atoms with Crippen LogP contribution in [0.25, 0.3) is 0 Å². The number of anilines is 2. The van der Waals surface area contributed by atoms with Crippen molar-refractivity contribution in [1.29, 1.82) is 0 Å². The fourth-order valence-corrected chi connectivity index (χ4v) is 4.74. The molecule has 0 saturated carbocycles. The molecule has 2 amide bonds. The van der Waals surface area contributed by atoms with Crippen LogP contribution in [0.4, 0.5) is 20.2 Å². The molecule has 2 aromatic rings. The molecule has 2 saturated heterocycles. The van der Waals surface area contributed by atoms with E-state index in [-0.39, 0.29) is 29.4 Å². The van der Waals surface area contributed by atoms with E-state index in [1.54, 1.807) is 24.3 Å². The van der Waals surface area contributed by atoms with Crippen LogP contribution in [0, 0.1) is 17.6 Å². The van der Waals surface area contributed by atoms with Crippen molar-refractivity contribution in [3.63, 3.8) is 0 Å². The van der Waals surface area contributed by atoms with Crippen LogP contribution >= 0.6 is 0 Å². The summed E-state index contributed by atoms with van der Waals surface area (Å²) >= 11 is 0. The highest BCUT2D eigenvalue weighted by molar-refractivity contribution is 5.80. The van der Waals surface area contributed by atoms with Crippen LogP contribution in [0.2, 0.25) is 0 Å². The topological polar surface area (TPSA) is 47.1 Å². The minimum atomic E-state index is -0.246. The molecule has 34 heavy (non-hydrogen) atoms. The van der Waals surface area contributed by atoms with Crippen LogP contribution in [0.1, 0.15) is 19.8 Å². The van der Waals surface area contributed by atoms with Crippen molar-refractivity contribution < 1.29 is 18.4 Å². The third-order valence-corrected chi connectivity index (χ3v) is 6.70. The van der Waals surface area contributed by atoms with E-state index in [4.69, 9.17) is 0 Å². The number of benzene rings is 2. The number of piperazine rings is 2. The predicted molar refractivity (Wildman–Crippen MR) is 129 cm³/mol. The van der Waals surface area contributed by atoms with E-state index < -0.39 is 0 Å². The minimum absolute atomic E-state index is 0.0397. The Morgan fingerprint density at radius 3 is 1.38 bits per heavy atom. The van der Waals surface area contributed by atoms with Crippen molar-refractivity contribution in [2.45, 2.75) is 19.8 Å². The second-order valence-electron chi connectivity index (χ2n) is 9.15. The number of halogens is 2. The Bertz CT molecular complexity index is 922. The molecule has 0 radical (unpaired) electrons. The van der Waals surface area contributed by atoms with Gasteiger partial charge in [-0.3, -0.25) is 9.59 Å². The van der Waals surface area contributed by atoms with Gasteiger partial charge in [0.15, 0.2) is 0 Å². The number of hydrogen-bond donors (Lipinski definition) is 0. The average molecular weight is 471 g/mol. The van der Waals surface area contributed by atoms with Crippen molar-refractivity contribution >= 4 is 23.2 Å². The monoisotopic (exact) mass is 470 g/mol. The van der Waals surface area contributed by atoms with Gasteiger partial charge in [-0.15, -0.1) is 0 Å². The van der Waals surface area contributed by atoms with Crippen molar-refractivity contribution in [2.75, 3.05) is 62.2 Å². The van der Waals surface area contributed by atoms with Gasteiger partial charge in [0.2, 0.25) is 11.8 Å². The Kier molecular flexibility index (Phi) is 7.65. The Morgan fingerprint density at radius 1 is 0.676 bits per heavy atom. The molecule has 0 aliphatic carbocycles. The molecule has 6 nitrogen and oxygen atoms in total. The summed E-state index contributed by atoms with van der Waals surface area (Å²) in [5, 5.41) is 0. The maximum Gasteiger partial charge on any atom is 0.222 e. The summed E-state index contributed by atoms with van der Waals surface area (Å²) in [6.45, 7) is 6.48. The SMILES string of the molecule is CC(CC(=O)N1CCN(c2ccccc2F)CC1)CC(=O)N1CCN(c2ccccc2F)CC1. The lowest BCUT2D eigenvalue weighted by Gasteiger charge is -2.37. The molecule has 0 N–H and O–H groups in total. The molecular weight excluding hydrogens is 438 g/mol. The van der Waals surface area contributed by atoms with Crippen molar-refractivity contribution in [3.05, 3.63) is 60.2 Å². The van der Waals surface area contributed by atoms with E-state index in [0.717, 1.165) is 0 Å². The van der Waals surface area contributed by atoms with Crippen molar-refractivity contribution in [3.8, 4) is 0 Å². The standard InChI is InChI=1S/C26H32F2N4O2/c1-20(18-25(33)31-14-10-29(11-15-31)23-8-4-2-6-21(23)27)19-26(34)32-16-12-30(13-17-32)24-9-5-3-7-22(24)28/h2-9,20H,10-19H2,1H3. The van der Waals surface area contributed by atoms with E-state index in [1.165, 1.54) is 12.1 Å². The van der Waals surface area contributed by atoms with Crippen LogP contribution in [0.3, 0.4) is 0 Å². The van der Waals surface area contributed by atoms with E-state index in [9.17, 15) is 18.4 Å². The Labute approximate surface area is 199 Å². The number of rotatable bonds is 6. The molecular formula is C26H32F2N4O2. The van der Waals surface area contributed by atoms with Crippen molar-refractivity contribution in [2.24, 2.45) is 5.92 Å². The summed E-state index contributed by atoms with van der Waals surface area (Å²) < 4.78 is 28.0. The second kappa shape index (κ2) is 10.8. The van der Waals surface area contributed by atoms with Gasteiger partial charge in [-0.05, 0) is 30.2 Å². The molecule has 2 aliphatic rings. The van der Waals surface area contributed by atoms with Gasteiger partial charge in [0, 0.05) is 65.2 Å². The molecule has 2 aromatic carbocycles. The molecule has 2 heterocycles. The van der Waals surface area contributed by atoms with Gasteiger partial charge < -0.3 is 19.6 Å². The van der Waals surface area contributed by atoms with E-state index in [0.29, 0.717) is 76.6 Å². The minimum Gasteiger partial charge on any atom is -0.366 e. The highest BCUT2D eigenvalue weighted by Gasteiger charge is 2.27. The molecule has 0 unspecified atom stereocenters. The summed E-state index contributed by atoms with van der Waals surface area (Å²) in [6, 6.07) is 13.4. The van der Waals surface area contributed by atoms with E-state index >= 15 is 0 Å². The molecule has 4 rings (SSSR count). The number of amides is 2. The number of hydrogen-bond acceptors (Lipinski definition) is 4. The van der Waals surface area contributed by atoms with Crippen molar-refractivity contribution in [1.82, 2.24) is 9.80 Å². The quantitative estimate of drug-likeness (QED) is 0.650. The van der Waals surface area contributed by atoms with Crippen LogP contribution in [-0.4, -0.2) is 74.0 Å². The summed E-state index contributed by atoms with van der Waals surface area (Å²) in [5.74, 6) is -0.474. The highest BCUT2D eigenvalue weighted by atomic mass is 19.1. The Morgan fingerprint density at radius 2 is 1.03 bits per heavy atom. The smallest absolute Gasteiger partial charge is 0.222 e. The van der Waals surface area contributed by atoms with Gasteiger partial charge in [-0.25, -0.2) is 8.78 Å². The zero-order valence-electron chi connectivity index (χ0n) is 19.6. The van der Waals surface area contributed by atoms with Gasteiger partial charge in [-0.2, -0.15) is 0 Å². The molecule has 0 spiro atoms. The van der Waals surface area contributed by atoms with Crippen LogP contribution in [0.5, 0.6) is 0 Å². The van der Waals surface area contributed by atoms with Gasteiger partial charge in [0.05, 0.1) is 11.4 Å². The number of carbonyl (C=O) groups excluding carboxylic acids is 2. The average Bonchev–Trinajstić information content (AvgIpc) is 2.85. The van der Waals surface area contributed by atoms with Gasteiger partial charge in [0.25, 0.3) is 0 Å². The summed E-state index contributed by atoms with van der Waals surface area (Å²) in [7, 11) is 0. The lowest BCUT2D eigenvalue weighted by atomic mass is 10.0. The fraction of sp³-hybridized carbons (Fsp3) is 0.462. The molecule has 182 valence electrons. The first-order chi connectivity index (χ1) is 16.4. The summed E-state index contributed by atoms with van der Waals surface area (Å²) in [5.41, 5.74) is 1.15. The summed E-state index contributed by atoms with van der Waals surface area (Å²) in [4.78, 5) is 33.1. The van der Waals surface area contributed by atoms with Crippen LogP contribution in [-0.2, 0) is 9.59 Å². The zero-order valence-corrected chi connectivity index (χ0v) is 19.6. The third-order valence-electron chi connectivity index (χ3n) is 6.70. The van der Waals surface area contributed by atoms with Gasteiger partial charge in [0.1, 0.15) is 11.6 Å². The summed E-state index contributed by atoms with van der Waals surface area (Å²) in [6.07, 6.45) is 0.640. The first-order valence-electron chi connectivity index (χ1n) is 12.0. The zero-order chi connectivity index (χ0) is 24.1. The first-order valence-corrected chi connectivity index (χ1v) is 12.0. The van der Waals surface area contributed by atoms with Crippen LogP contribution in [0.15, 0.2) is 48.5 Å². The molecule has 0 atom stereocenters. The van der Waals surface area contributed by atoms with Crippen LogP contribution < -0.4 is 9.80 Å². The maximum absolute atomic E-state index is 14.0. The lowest BCUT2D eigenvalue weighted by molar-refractivity contribution is -0.134. The number of para-hydroxylation sites is 2. The Balaban J connectivity index is 1.20. The third kappa shape index (κ3) is 5.66. The molecule has 8 heteroatoms. The first kappa shape index (κ1) is 24.0. The lowest BCUT2D eigenvalue weighted by Crippen LogP contribution is -2.50.